The Labute approximate surface area is 115 Å². The van der Waals surface area contributed by atoms with Gasteiger partial charge >= 0.3 is 0 Å². The zero-order valence-corrected chi connectivity index (χ0v) is 11.6. The van der Waals surface area contributed by atoms with Gasteiger partial charge in [0.1, 0.15) is 0 Å². The highest BCUT2D eigenvalue weighted by atomic mass is 16.3. The van der Waals surface area contributed by atoms with Crippen LogP contribution in [0, 0.1) is 0 Å². The molecule has 19 heavy (non-hydrogen) atoms. The van der Waals surface area contributed by atoms with Crippen molar-refractivity contribution in [2.24, 2.45) is 0 Å². The molecule has 0 saturated carbocycles. The van der Waals surface area contributed by atoms with E-state index in [9.17, 15) is 5.11 Å². The van der Waals surface area contributed by atoms with E-state index in [0.29, 0.717) is 6.04 Å². The van der Waals surface area contributed by atoms with Crippen LogP contribution < -0.4 is 5.32 Å². The first kappa shape index (κ1) is 13.8. The quantitative estimate of drug-likeness (QED) is 0.858. The molecule has 2 aromatic carbocycles. The molecule has 0 saturated heterocycles. The van der Waals surface area contributed by atoms with Crippen molar-refractivity contribution in [1.82, 2.24) is 5.32 Å². The van der Waals surface area contributed by atoms with E-state index >= 15 is 0 Å². The minimum absolute atomic E-state index is 0.0836. The fourth-order valence-electron chi connectivity index (χ4n) is 2.11. The van der Waals surface area contributed by atoms with Gasteiger partial charge in [-0.25, -0.2) is 0 Å². The van der Waals surface area contributed by atoms with Crippen molar-refractivity contribution in [3.8, 4) is 11.1 Å². The van der Waals surface area contributed by atoms with Gasteiger partial charge in [0.2, 0.25) is 0 Å². The van der Waals surface area contributed by atoms with Crippen LogP contribution in [0.1, 0.15) is 25.0 Å². The van der Waals surface area contributed by atoms with Crippen molar-refractivity contribution in [2.75, 3.05) is 0 Å². The lowest BCUT2D eigenvalue weighted by molar-refractivity contribution is 0.282. The van der Waals surface area contributed by atoms with Crippen molar-refractivity contribution in [1.29, 1.82) is 0 Å². The summed E-state index contributed by atoms with van der Waals surface area (Å²) in [5.74, 6) is 0. The molecule has 0 aliphatic heterocycles. The van der Waals surface area contributed by atoms with Gasteiger partial charge in [-0.05, 0) is 28.3 Å². The molecule has 2 N–H and O–H groups in total. The Morgan fingerprint density at radius 1 is 1.05 bits per heavy atom. The van der Waals surface area contributed by atoms with E-state index in [4.69, 9.17) is 0 Å². The second kappa shape index (κ2) is 6.50. The molecular formula is C17H21NO. The zero-order chi connectivity index (χ0) is 13.7. The first-order valence-electron chi connectivity index (χ1n) is 6.72. The highest BCUT2D eigenvalue weighted by Gasteiger charge is 2.05. The van der Waals surface area contributed by atoms with Gasteiger partial charge in [-0.15, -0.1) is 0 Å². The Balaban J connectivity index is 2.32. The van der Waals surface area contributed by atoms with E-state index in [-0.39, 0.29) is 6.61 Å². The molecule has 100 valence electrons. The van der Waals surface area contributed by atoms with Crippen LogP contribution in [0.15, 0.2) is 48.5 Å². The van der Waals surface area contributed by atoms with Crippen LogP contribution in [0.25, 0.3) is 11.1 Å². The highest BCUT2D eigenvalue weighted by molar-refractivity contribution is 5.67. The predicted molar refractivity (Wildman–Crippen MR) is 79.8 cm³/mol. The standard InChI is InChI=1S/C17H21NO/c1-13(2)18-11-16-7-3-4-9-17(16)15-8-5-6-14(10-15)12-19/h3-10,13,18-19H,11-12H2,1-2H3. The van der Waals surface area contributed by atoms with Gasteiger partial charge in [-0.2, -0.15) is 0 Å². The Bertz CT molecular complexity index is 534. The summed E-state index contributed by atoms with van der Waals surface area (Å²) in [4.78, 5) is 0. The molecule has 0 aliphatic rings. The van der Waals surface area contributed by atoms with Gasteiger partial charge in [-0.1, -0.05) is 56.3 Å². The highest BCUT2D eigenvalue weighted by Crippen LogP contribution is 2.24. The molecule has 2 rings (SSSR count). The van der Waals surface area contributed by atoms with Crippen LogP contribution in [0.3, 0.4) is 0 Å². The Morgan fingerprint density at radius 3 is 2.58 bits per heavy atom. The molecule has 2 aromatic rings. The molecule has 0 spiro atoms. The van der Waals surface area contributed by atoms with Crippen LogP contribution >= 0.6 is 0 Å². The first-order valence-corrected chi connectivity index (χ1v) is 6.72. The molecule has 2 nitrogen and oxygen atoms in total. The van der Waals surface area contributed by atoms with E-state index in [0.717, 1.165) is 17.7 Å². The van der Waals surface area contributed by atoms with Crippen LogP contribution in [0.4, 0.5) is 0 Å². The summed E-state index contributed by atoms with van der Waals surface area (Å²) >= 11 is 0. The summed E-state index contributed by atoms with van der Waals surface area (Å²) in [6.45, 7) is 5.24. The molecular weight excluding hydrogens is 234 g/mol. The maximum atomic E-state index is 9.24. The van der Waals surface area contributed by atoms with E-state index < -0.39 is 0 Å². The van der Waals surface area contributed by atoms with Gasteiger partial charge in [0.25, 0.3) is 0 Å². The zero-order valence-electron chi connectivity index (χ0n) is 11.6. The number of hydrogen-bond donors (Lipinski definition) is 2. The van der Waals surface area contributed by atoms with Crippen LogP contribution in [0.2, 0.25) is 0 Å². The lowest BCUT2D eigenvalue weighted by atomic mass is 9.98. The summed E-state index contributed by atoms with van der Waals surface area (Å²) in [5, 5.41) is 12.7. The Kier molecular flexibility index (Phi) is 4.72. The van der Waals surface area contributed by atoms with E-state index in [1.54, 1.807) is 0 Å². The van der Waals surface area contributed by atoms with Crippen molar-refractivity contribution in [3.63, 3.8) is 0 Å². The third kappa shape index (κ3) is 3.66. The SMILES string of the molecule is CC(C)NCc1ccccc1-c1cccc(CO)c1. The van der Waals surface area contributed by atoms with Crippen molar-refractivity contribution in [2.45, 2.75) is 33.0 Å². The monoisotopic (exact) mass is 255 g/mol. The fraction of sp³-hybridized carbons (Fsp3) is 0.294. The number of aliphatic hydroxyl groups excluding tert-OH is 1. The van der Waals surface area contributed by atoms with E-state index in [1.165, 1.54) is 11.1 Å². The van der Waals surface area contributed by atoms with Crippen LogP contribution in [0.5, 0.6) is 0 Å². The topological polar surface area (TPSA) is 32.3 Å². The van der Waals surface area contributed by atoms with Crippen molar-refractivity contribution < 1.29 is 5.11 Å². The molecule has 0 aliphatic carbocycles. The lowest BCUT2D eigenvalue weighted by Crippen LogP contribution is -2.22. The third-order valence-corrected chi connectivity index (χ3v) is 3.14. The second-order valence-electron chi connectivity index (χ2n) is 5.05. The van der Waals surface area contributed by atoms with Gasteiger partial charge in [0.05, 0.1) is 6.61 Å². The molecule has 0 unspecified atom stereocenters. The minimum atomic E-state index is 0.0836. The summed E-state index contributed by atoms with van der Waals surface area (Å²) in [7, 11) is 0. The molecule has 0 radical (unpaired) electrons. The maximum absolute atomic E-state index is 9.24. The number of rotatable bonds is 5. The second-order valence-corrected chi connectivity index (χ2v) is 5.05. The summed E-state index contributed by atoms with van der Waals surface area (Å²) in [6.07, 6.45) is 0. The Hall–Kier alpha value is -1.64. The largest absolute Gasteiger partial charge is 0.392 e. The molecule has 0 amide bonds. The van der Waals surface area contributed by atoms with Gasteiger partial charge < -0.3 is 10.4 Å². The van der Waals surface area contributed by atoms with E-state index in [1.807, 2.05) is 18.2 Å². The predicted octanol–water partition coefficient (Wildman–Crippen LogP) is 3.34. The summed E-state index contributed by atoms with van der Waals surface area (Å²) < 4.78 is 0. The summed E-state index contributed by atoms with van der Waals surface area (Å²) in [5.41, 5.74) is 4.62. The normalized spacial score (nSPS) is 10.9. The summed E-state index contributed by atoms with van der Waals surface area (Å²) in [6, 6.07) is 16.9. The van der Waals surface area contributed by atoms with Crippen LogP contribution in [-0.4, -0.2) is 11.1 Å². The third-order valence-electron chi connectivity index (χ3n) is 3.14. The van der Waals surface area contributed by atoms with Crippen LogP contribution in [-0.2, 0) is 13.2 Å². The molecule has 0 bridgehead atoms. The number of aliphatic hydroxyl groups is 1. The smallest absolute Gasteiger partial charge is 0.0682 e. The van der Waals surface area contributed by atoms with Gasteiger partial charge in [-0.3, -0.25) is 0 Å². The maximum Gasteiger partial charge on any atom is 0.0682 e. The Morgan fingerprint density at radius 2 is 1.84 bits per heavy atom. The molecule has 0 heterocycles. The first-order chi connectivity index (χ1) is 9.20. The van der Waals surface area contributed by atoms with Crippen molar-refractivity contribution in [3.05, 3.63) is 59.7 Å². The fourth-order valence-corrected chi connectivity index (χ4v) is 2.11. The number of benzene rings is 2. The van der Waals surface area contributed by atoms with Crippen molar-refractivity contribution >= 4 is 0 Å². The van der Waals surface area contributed by atoms with Gasteiger partial charge in [0, 0.05) is 12.6 Å². The average Bonchev–Trinajstić information content (AvgIpc) is 2.45. The molecule has 0 fully saturated rings. The molecule has 0 atom stereocenters. The van der Waals surface area contributed by atoms with E-state index in [2.05, 4.69) is 49.5 Å². The van der Waals surface area contributed by atoms with Gasteiger partial charge in [0.15, 0.2) is 0 Å². The number of nitrogens with one attached hydrogen (secondary N) is 1. The average molecular weight is 255 g/mol. The molecule has 2 heteroatoms. The number of hydrogen-bond acceptors (Lipinski definition) is 2. The lowest BCUT2D eigenvalue weighted by Gasteiger charge is -2.13. The minimum Gasteiger partial charge on any atom is -0.392 e. The molecule has 0 aromatic heterocycles.